The van der Waals surface area contributed by atoms with Crippen molar-refractivity contribution in [2.24, 2.45) is 0 Å². The van der Waals surface area contributed by atoms with Gasteiger partial charge in [-0.15, -0.1) is 0 Å². The van der Waals surface area contributed by atoms with Crippen LogP contribution in [0.1, 0.15) is 23.0 Å². The van der Waals surface area contributed by atoms with E-state index in [4.69, 9.17) is 27.6 Å². The molecule has 0 unspecified atom stereocenters. The fraction of sp³-hybridized carbons (Fsp3) is 0.0714. The van der Waals surface area contributed by atoms with Crippen LogP contribution in [0.3, 0.4) is 0 Å². The molecule has 0 radical (unpaired) electrons. The third-order valence-corrected chi connectivity index (χ3v) is 3.19. The molecule has 2 aromatic rings. The van der Waals surface area contributed by atoms with Gasteiger partial charge in [0.2, 0.25) is 0 Å². The second-order valence-corrected chi connectivity index (χ2v) is 4.90. The number of aromatic nitrogens is 1. The zero-order valence-electron chi connectivity index (χ0n) is 10.9. The van der Waals surface area contributed by atoms with Gasteiger partial charge >= 0.3 is 6.01 Å². The first-order valence-corrected chi connectivity index (χ1v) is 6.62. The molecule has 5 nitrogen and oxygen atoms in total. The van der Waals surface area contributed by atoms with Crippen molar-refractivity contribution in [1.82, 2.24) is 4.98 Å². The predicted molar refractivity (Wildman–Crippen MR) is 80.6 cm³/mol. The number of benzene rings is 1. The van der Waals surface area contributed by atoms with Crippen molar-refractivity contribution in [2.75, 3.05) is 5.32 Å². The van der Waals surface area contributed by atoms with Gasteiger partial charge in [0.15, 0.2) is 11.5 Å². The first-order chi connectivity index (χ1) is 9.95. The number of oxazole rings is 1. The molecule has 2 rings (SSSR count). The maximum atomic E-state index is 11.7. The minimum atomic E-state index is -0.446. The molecule has 1 N–H and O–H groups in total. The van der Waals surface area contributed by atoms with E-state index in [1.54, 1.807) is 24.3 Å². The zero-order valence-corrected chi connectivity index (χ0v) is 12.4. The number of anilines is 1. The summed E-state index contributed by atoms with van der Waals surface area (Å²) in [5.41, 5.74) is 0.719. The second-order valence-electron chi connectivity index (χ2n) is 4.08. The van der Waals surface area contributed by atoms with Crippen LogP contribution in [0.15, 0.2) is 34.9 Å². The van der Waals surface area contributed by atoms with E-state index in [0.717, 1.165) is 5.56 Å². The van der Waals surface area contributed by atoms with Gasteiger partial charge in [0.1, 0.15) is 0 Å². The summed E-state index contributed by atoms with van der Waals surface area (Å²) in [7, 11) is 0. The Kier molecular flexibility index (Phi) is 4.77. The molecule has 0 aliphatic rings. The van der Waals surface area contributed by atoms with Gasteiger partial charge in [-0.1, -0.05) is 29.3 Å². The monoisotopic (exact) mass is 324 g/mol. The largest absolute Gasteiger partial charge is 0.420 e. The number of Topliss-reactive ketones (excluding diaryl/α,β-unsaturated/α-hetero) is 1. The molecule has 0 spiro atoms. The van der Waals surface area contributed by atoms with Gasteiger partial charge < -0.3 is 4.42 Å². The number of carbonyl (C=O) groups is 2. The Morgan fingerprint density at radius 2 is 2.05 bits per heavy atom. The van der Waals surface area contributed by atoms with E-state index in [1.807, 2.05) is 0 Å². The first kappa shape index (κ1) is 15.3. The number of hydrogen-bond donors (Lipinski definition) is 1. The van der Waals surface area contributed by atoms with E-state index in [9.17, 15) is 9.59 Å². The first-order valence-electron chi connectivity index (χ1n) is 5.86. The van der Waals surface area contributed by atoms with E-state index in [1.165, 1.54) is 19.2 Å². The van der Waals surface area contributed by atoms with Crippen LogP contribution in [0.5, 0.6) is 0 Å². The van der Waals surface area contributed by atoms with Gasteiger partial charge in [0.25, 0.3) is 5.91 Å². The Bertz CT molecular complexity index is 723. The lowest BCUT2D eigenvalue weighted by molar-refractivity contribution is -0.112. The van der Waals surface area contributed by atoms with Crippen LogP contribution in [0.25, 0.3) is 6.08 Å². The van der Waals surface area contributed by atoms with Crippen molar-refractivity contribution in [1.29, 1.82) is 0 Å². The third kappa shape index (κ3) is 4.18. The SMILES string of the molecule is CC(=O)c1cnc(NC(=O)C=Cc2ccc(Cl)c(Cl)c2)o1. The van der Waals surface area contributed by atoms with Gasteiger partial charge in [-0.3, -0.25) is 14.9 Å². The van der Waals surface area contributed by atoms with E-state index in [2.05, 4.69) is 10.3 Å². The van der Waals surface area contributed by atoms with Crippen molar-refractivity contribution in [3.05, 3.63) is 51.8 Å². The molecule has 0 atom stereocenters. The van der Waals surface area contributed by atoms with Crippen molar-refractivity contribution >= 4 is 47.0 Å². The lowest BCUT2D eigenvalue weighted by Crippen LogP contribution is -2.07. The summed E-state index contributed by atoms with van der Waals surface area (Å²) in [6, 6.07) is 4.95. The topological polar surface area (TPSA) is 72.2 Å². The van der Waals surface area contributed by atoms with Crippen LogP contribution in [0.4, 0.5) is 6.01 Å². The summed E-state index contributed by atoms with van der Waals surface area (Å²) in [6.45, 7) is 1.34. The Morgan fingerprint density at radius 1 is 1.29 bits per heavy atom. The molecule has 1 heterocycles. The highest BCUT2D eigenvalue weighted by atomic mass is 35.5. The summed E-state index contributed by atoms with van der Waals surface area (Å²) in [5, 5.41) is 3.24. The quantitative estimate of drug-likeness (QED) is 0.685. The molecule has 1 amide bonds. The minimum absolute atomic E-state index is 0.0380. The lowest BCUT2D eigenvalue weighted by Gasteiger charge is -1.98. The Labute approximate surface area is 130 Å². The molecule has 0 bridgehead atoms. The summed E-state index contributed by atoms with van der Waals surface area (Å²) >= 11 is 11.7. The van der Waals surface area contributed by atoms with Crippen molar-refractivity contribution in [3.63, 3.8) is 0 Å². The fourth-order valence-electron chi connectivity index (χ4n) is 1.43. The minimum Gasteiger partial charge on any atom is -0.420 e. The molecule has 0 fully saturated rings. The average molecular weight is 325 g/mol. The van der Waals surface area contributed by atoms with Crippen LogP contribution in [0.2, 0.25) is 10.0 Å². The van der Waals surface area contributed by atoms with Crippen LogP contribution in [-0.4, -0.2) is 16.7 Å². The van der Waals surface area contributed by atoms with Crippen LogP contribution < -0.4 is 5.32 Å². The number of hydrogen-bond acceptors (Lipinski definition) is 4. The average Bonchev–Trinajstić information content (AvgIpc) is 2.89. The summed E-state index contributed by atoms with van der Waals surface area (Å²) in [5.74, 6) is -0.633. The number of halogens is 2. The Balaban J connectivity index is 2.01. The second kappa shape index (κ2) is 6.56. The normalized spacial score (nSPS) is 10.8. The summed E-state index contributed by atoms with van der Waals surface area (Å²) in [4.78, 5) is 26.5. The molecule has 108 valence electrons. The molecule has 7 heteroatoms. The van der Waals surface area contributed by atoms with Crippen molar-refractivity contribution in [3.8, 4) is 0 Å². The zero-order chi connectivity index (χ0) is 15.4. The maximum Gasteiger partial charge on any atom is 0.302 e. The highest BCUT2D eigenvalue weighted by molar-refractivity contribution is 6.42. The predicted octanol–water partition coefficient (Wildman–Crippen LogP) is 3.84. The molecule has 1 aromatic heterocycles. The lowest BCUT2D eigenvalue weighted by atomic mass is 10.2. The van der Waals surface area contributed by atoms with Crippen LogP contribution in [-0.2, 0) is 4.79 Å². The Hall–Kier alpha value is -2.11. The molecule has 0 saturated heterocycles. The molecule has 21 heavy (non-hydrogen) atoms. The molecule has 0 aliphatic carbocycles. The van der Waals surface area contributed by atoms with Gasteiger partial charge in [0.05, 0.1) is 16.2 Å². The van der Waals surface area contributed by atoms with Gasteiger partial charge in [-0.2, -0.15) is 0 Å². The number of rotatable bonds is 4. The van der Waals surface area contributed by atoms with E-state index in [0.29, 0.717) is 10.0 Å². The van der Waals surface area contributed by atoms with E-state index >= 15 is 0 Å². The molecule has 0 aliphatic heterocycles. The van der Waals surface area contributed by atoms with Crippen LogP contribution in [0, 0.1) is 0 Å². The smallest absolute Gasteiger partial charge is 0.302 e. The molecule has 1 aromatic carbocycles. The maximum absolute atomic E-state index is 11.7. The number of nitrogens with zero attached hydrogens (tertiary/aromatic N) is 1. The number of nitrogens with one attached hydrogen (secondary N) is 1. The standard InChI is InChI=1S/C14H10Cl2N2O3/c1-8(19)12-7-17-14(21-12)18-13(20)5-3-9-2-4-10(15)11(16)6-9/h2-7H,1H3,(H,17,18,20). The molecular formula is C14H10Cl2N2O3. The summed E-state index contributed by atoms with van der Waals surface area (Å²) < 4.78 is 5.04. The van der Waals surface area contributed by atoms with Crippen molar-refractivity contribution < 1.29 is 14.0 Å². The van der Waals surface area contributed by atoms with Gasteiger partial charge in [0, 0.05) is 13.0 Å². The fourth-order valence-corrected chi connectivity index (χ4v) is 1.74. The highest BCUT2D eigenvalue weighted by Crippen LogP contribution is 2.23. The van der Waals surface area contributed by atoms with E-state index in [-0.39, 0.29) is 17.6 Å². The number of carbonyl (C=O) groups excluding carboxylic acids is 2. The van der Waals surface area contributed by atoms with Crippen molar-refractivity contribution in [2.45, 2.75) is 6.92 Å². The van der Waals surface area contributed by atoms with Gasteiger partial charge in [-0.05, 0) is 23.8 Å². The highest BCUT2D eigenvalue weighted by Gasteiger charge is 2.09. The number of ketones is 1. The Morgan fingerprint density at radius 3 is 2.67 bits per heavy atom. The van der Waals surface area contributed by atoms with Gasteiger partial charge in [-0.25, -0.2) is 4.98 Å². The molecular weight excluding hydrogens is 315 g/mol. The van der Waals surface area contributed by atoms with E-state index < -0.39 is 5.91 Å². The van der Waals surface area contributed by atoms with Crippen LogP contribution >= 0.6 is 23.2 Å². The summed E-state index contributed by atoms with van der Waals surface area (Å²) in [6.07, 6.45) is 4.10. The molecule has 0 saturated carbocycles. The number of amides is 1. The third-order valence-electron chi connectivity index (χ3n) is 2.45.